The first-order valence-corrected chi connectivity index (χ1v) is 12.0. The second-order valence-corrected chi connectivity index (χ2v) is 10.5. The van der Waals surface area contributed by atoms with Crippen LogP contribution in [0.4, 0.5) is 0 Å². The summed E-state index contributed by atoms with van der Waals surface area (Å²) in [6, 6.07) is -1.14. The van der Waals surface area contributed by atoms with Gasteiger partial charge in [-0.05, 0) is 33.6 Å². The van der Waals surface area contributed by atoms with E-state index in [-0.39, 0.29) is 5.45 Å². The Morgan fingerprint density at radius 1 is 1.16 bits per heavy atom. The lowest BCUT2D eigenvalue weighted by Crippen LogP contribution is -2.48. The monoisotopic (exact) mass is 464 g/mol. The molecular weight excluding hydrogens is 431 g/mol. The standard InChI is InChI=1S/C19H33N2O9P/c1-11(2)16(24)29-14(5)30-18(26)21-13(4)31(27,28)10-19(8-6-7-9-19)17(25)20-12(3)15(22)23/h11-12,14,18,26H,6-10H2,1-5H3,(H,20,25)(H,22,23)(H,27,28). The summed E-state index contributed by atoms with van der Waals surface area (Å²) in [5.74, 6) is -2.74. The van der Waals surface area contributed by atoms with E-state index in [2.05, 4.69) is 10.3 Å². The summed E-state index contributed by atoms with van der Waals surface area (Å²) in [4.78, 5) is 49.6. The summed E-state index contributed by atoms with van der Waals surface area (Å²) in [5, 5.41) is 21.3. The Labute approximate surface area is 181 Å². The fraction of sp³-hybridized carbons (Fsp3) is 0.789. The van der Waals surface area contributed by atoms with Crippen molar-refractivity contribution in [1.29, 1.82) is 0 Å². The molecule has 0 aromatic rings. The number of carboxylic acids is 1. The molecule has 178 valence electrons. The molecule has 4 unspecified atom stereocenters. The van der Waals surface area contributed by atoms with Crippen molar-refractivity contribution < 1.29 is 43.5 Å². The third kappa shape index (κ3) is 7.99. The van der Waals surface area contributed by atoms with Crippen molar-refractivity contribution in [2.24, 2.45) is 16.3 Å². The van der Waals surface area contributed by atoms with E-state index in [0.717, 1.165) is 0 Å². The average Bonchev–Trinajstić information content (AvgIpc) is 3.09. The second-order valence-electron chi connectivity index (χ2n) is 8.18. The molecule has 1 saturated carbocycles. The van der Waals surface area contributed by atoms with Gasteiger partial charge in [-0.25, -0.2) is 4.99 Å². The summed E-state index contributed by atoms with van der Waals surface area (Å²) in [5.41, 5.74) is -1.51. The number of hydrogen-bond acceptors (Lipinski definition) is 8. The van der Waals surface area contributed by atoms with Gasteiger partial charge in [-0.3, -0.25) is 23.7 Å². The lowest BCUT2D eigenvalue weighted by Gasteiger charge is -2.30. The van der Waals surface area contributed by atoms with Gasteiger partial charge in [0.2, 0.25) is 19.6 Å². The Morgan fingerprint density at radius 2 is 1.71 bits per heavy atom. The van der Waals surface area contributed by atoms with E-state index in [0.29, 0.717) is 25.7 Å². The van der Waals surface area contributed by atoms with Crippen LogP contribution in [-0.4, -0.2) is 63.3 Å². The van der Waals surface area contributed by atoms with Gasteiger partial charge in [0.15, 0.2) is 0 Å². The van der Waals surface area contributed by atoms with Gasteiger partial charge in [-0.1, -0.05) is 26.7 Å². The van der Waals surface area contributed by atoms with Crippen LogP contribution in [0.3, 0.4) is 0 Å². The Bertz CT molecular complexity index is 747. The first kappa shape index (κ1) is 27.2. The van der Waals surface area contributed by atoms with Gasteiger partial charge in [-0.2, -0.15) is 0 Å². The Balaban J connectivity index is 2.89. The van der Waals surface area contributed by atoms with Crippen molar-refractivity contribution in [2.75, 3.05) is 6.16 Å². The molecule has 1 fully saturated rings. The van der Waals surface area contributed by atoms with Crippen LogP contribution in [0.2, 0.25) is 0 Å². The van der Waals surface area contributed by atoms with Crippen molar-refractivity contribution >= 4 is 30.7 Å². The highest BCUT2D eigenvalue weighted by Crippen LogP contribution is 2.53. The van der Waals surface area contributed by atoms with Gasteiger partial charge in [0, 0.05) is 6.16 Å². The molecule has 0 aromatic carbocycles. The highest BCUT2D eigenvalue weighted by molar-refractivity contribution is 7.75. The van der Waals surface area contributed by atoms with Gasteiger partial charge >= 0.3 is 11.9 Å². The largest absolute Gasteiger partial charge is 0.480 e. The summed E-state index contributed by atoms with van der Waals surface area (Å²) >= 11 is 0. The molecule has 0 aliphatic heterocycles. The van der Waals surface area contributed by atoms with Crippen LogP contribution < -0.4 is 5.32 Å². The fourth-order valence-corrected chi connectivity index (χ4v) is 5.01. The van der Waals surface area contributed by atoms with Crippen LogP contribution in [0, 0.1) is 11.3 Å². The predicted octanol–water partition coefficient (Wildman–Crippen LogP) is 1.66. The Morgan fingerprint density at radius 3 is 2.19 bits per heavy atom. The lowest BCUT2D eigenvalue weighted by molar-refractivity contribution is -0.219. The van der Waals surface area contributed by atoms with Gasteiger partial charge in [0.05, 0.1) is 16.8 Å². The van der Waals surface area contributed by atoms with Crippen molar-refractivity contribution in [2.45, 2.75) is 79.0 Å². The van der Waals surface area contributed by atoms with Crippen molar-refractivity contribution in [1.82, 2.24) is 5.32 Å². The third-order valence-electron chi connectivity index (χ3n) is 5.15. The van der Waals surface area contributed by atoms with E-state index in [1.807, 2.05) is 0 Å². The van der Waals surface area contributed by atoms with Crippen molar-refractivity contribution in [3.8, 4) is 0 Å². The highest BCUT2D eigenvalue weighted by atomic mass is 31.2. The van der Waals surface area contributed by atoms with E-state index in [1.54, 1.807) is 13.8 Å². The SMILES string of the molecule is CC(=NC(O)OC(C)OC(=O)C(C)C)P(=O)(O)CC1(C(=O)NC(C)C(=O)O)CCCC1. The zero-order valence-corrected chi connectivity index (χ0v) is 19.4. The minimum Gasteiger partial charge on any atom is -0.480 e. The summed E-state index contributed by atoms with van der Waals surface area (Å²) in [7, 11) is -4.17. The normalized spacial score (nSPS) is 21.1. The number of aliphatic hydroxyl groups is 1. The van der Waals surface area contributed by atoms with Gasteiger partial charge in [0.25, 0.3) is 6.41 Å². The zero-order chi connectivity index (χ0) is 24.0. The number of aliphatic hydroxyl groups excluding tert-OH is 1. The summed E-state index contributed by atoms with van der Waals surface area (Å²) in [6.45, 7) is 7.17. The van der Waals surface area contributed by atoms with Gasteiger partial charge < -0.3 is 25.2 Å². The molecule has 0 bridgehead atoms. The molecule has 0 saturated heterocycles. The number of esters is 1. The van der Waals surface area contributed by atoms with Gasteiger partial charge in [-0.15, -0.1) is 0 Å². The molecule has 1 amide bonds. The number of rotatable bonds is 11. The lowest BCUT2D eigenvalue weighted by atomic mass is 9.87. The number of carbonyl (C=O) groups excluding carboxylic acids is 2. The first-order valence-electron chi connectivity index (χ1n) is 10.1. The first-order chi connectivity index (χ1) is 14.2. The molecule has 4 atom stereocenters. The van der Waals surface area contributed by atoms with Crippen LogP contribution >= 0.6 is 7.37 Å². The number of nitrogens with one attached hydrogen (secondary N) is 1. The van der Waals surface area contributed by atoms with Crippen LogP contribution in [0.5, 0.6) is 0 Å². The summed E-state index contributed by atoms with van der Waals surface area (Å²) < 4.78 is 22.9. The van der Waals surface area contributed by atoms with E-state index in [4.69, 9.17) is 14.6 Å². The molecule has 0 aromatic heterocycles. The number of carbonyl (C=O) groups is 3. The molecule has 1 rings (SSSR count). The molecule has 11 nitrogen and oxygen atoms in total. The maximum Gasteiger partial charge on any atom is 0.325 e. The Hall–Kier alpha value is -1.81. The van der Waals surface area contributed by atoms with Crippen LogP contribution in [0.15, 0.2) is 4.99 Å². The molecule has 1 aliphatic rings. The third-order valence-corrected chi connectivity index (χ3v) is 7.31. The van der Waals surface area contributed by atoms with E-state index in [1.165, 1.54) is 20.8 Å². The number of ether oxygens (including phenoxy) is 2. The number of hydrogen-bond donors (Lipinski definition) is 4. The van der Waals surface area contributed by atoms with Crippen molar-refractivity contribution in [3.05, 3.63) is 0 Å². The topological polar surface area (TPSA) is 172 Å². The predicted molar refractivity (Wildman–Crippen MR) is 111 cm³/mol. The van der Waals surface area contributed by atoms with E-state index < -0.39 is 61.5 Å². The van der Waals surface area contributed by atoms with Crippen LogP contribution in [0.25, 0.3) is 0 Å². The average molecular weight is 464 g/mol. The summed E-state index contributed by atoms with van der Waals surface area (Å²) in [6.07, 6.45) is -1.42. The number of nitrogens with zero attached hydrogens (tertiary/aromatic N) is 1. The molecule has 0 spiro atoms. The number of amides is 1. The maximum atomic E-state index is 13.0. The van der Waals surface area contributed by atoms with E-state index in [9.17, 15) is 28.9 Å². The molecule has 4 N–H and O–H groups in total. The molecule has 0 heterocycles. The van der Waals surface area contributed by atoms with Gasteiger partial charge in [0.1, 0.15) is 6.04 Å². The number of carboxylic acid groups (broad SMARTS) is 1. The second kappa shape index (κ2) is 11.2. The minimum atomic E-state index is -4.17. The number of aliphatic imine (C=N–C) groups is 1. The van der Waals surface area contributed by atoms with Crippen LogP contribution in [0.1, 0.15) is 60.3 Å². The zero-order valence-electron chi connectivity index (χ0n) is 18.5. The Kier molecular flexibility index (Phi) is 9.81. The minimum absolute atomic E-state index is 0.312. The molecule has 1 aliphatic carbocycles. The molecular formula is C19H33N2O9P. The van der Waals surface area contributed by atoms with Crippen LogP contribution in [-0.2, 0) is 28.4 Å². The maximum absolute atomic E-state index is 13.0. The van der Waals surface area contributed by atoms with Crippen molar-refractivity contribution in [3.63, 3.8) is 0 Å². The van der Waals surface area contributed by atoms with E-state index >= 15 is 0 Å². The molecule has 12 heteroatoms. The smallest absolute Gasteiger partial charge is 0.325 e. The fourth-order valence-electron chi connectivity index (χ4n) is 3.22. The molecule has 31 heavy (non-hydrogen) atoms. The number of aliphatic carboxylic acids is 1. The molecule has 0 radical (unpaired) electrons. The quantitative estimate of drug-likeness (QED) is 0.154. The highest BCUT2D eigenvalue weighted by Gasteiger charge is 2.47.